The summed E-state index contributed by atoms with van der Waals surface area (Å²) in [6, 6.07) is 14.6. The molecule has 0 bridgehead atoms. The number of benzene rings is 2. The van der Waals surface area contributed by atoms with Gasteiger partial charge in [-0.3, -0.25) is 14.0 Å². The van der Waals surface area contributed by atoms with Gasteiger partial charge in [0, 0.05) is 18.8 Å². The fourth-order valence-electron chi connectivity index (χ4n) is 4.74. The van der Waals surface area contributed by atoms with Gasteiger partial charge in [0.15, 0.2) is 5.82 Å². The van der Waals surface area contributed by atoms with Gasteiger partial charge in [0.05, 0.1) is 28.8 Å². The van der Waals surface area contributed by atoms with Gasteiger partial charge in [-0.05, 0) is 37.1 Å². The van der Waals surface area contributed by atoms with E-state index >= 15 is 0 Å². The number of hydrogen-bond acceptors (Lipinski definition) is 10. The van der Waals surface area contributed by atoms with E-state index in [-0.39, 0.29) is 17.3 Å². The summed E-state index contributed by atoms with van der Waals surface area (Å²) < 4.78 is 8.73. The van der Waals surface area contributed by atoms with Crippen LogP contribution in [0.5, 0.6) is 0 Å². The standard InChI is InChI=1S/C28H26N10O2/c1-4-20(34-25-23(24(29)30-15-31-25)27-33-16(2)36-40-27)26-35-21-12-8-11-19(17-13-32-37(3)14-17)22(21)28(39)38(26)18-9-6-5-7-10-18/h5-15,20H,4H2,1-3H3,(H3,29,30,31,34)/t20-/m0/s1. The summed E-state index contributed by atoms with van der Waals surface area (Å²) in [5.41, 5.74) is 9.26. The van der Waals surface area contributed by atoms with Crippen molar-refractivity contribution in [3.05, 3.63) is 89.3 Å². The van der Waals surface area contributed by atoms with Crippen molar-refractivity contribution in [1.82, 2.24) is 39.4 Å². The van der Waals surface area contributed by atoms with Gasteiger partial charge in [-0.2, -0.15) is 10.1 Å². The second-order valence-electron chi connectivity index (χ2n) is 9.28. The molecule has 6 aromatic rings. The Labute approximate surface area is 228 Å². The summed E-state index contributed by atoms with van der Waals surface area (Å²) in [4.78, 5) is 32.3. The zero-order chi connectivity index (χ0) is 27.8. The summed E-state index contributed by atoms with van der Waals surface area (Å²) >= 11 is 0. The van der Waals surface area contributed by atoms with E-state index in [0.717, 1.165) is 11.1 Å². The van der Waals surface area contributed by atoms with Crippen molar-refractivity contribution < 1.29 is 4.52 Å². The molecule has 12 nitrogen and oxygen atoms in total. The number of nitrogen functional groups attached to an aromatic ring is 1. The molecule has 0 aliphatic rings. The molecule has 3 N–H and O–H groups in total. The number of anilines is 2. The Kier molecular flexibility index (Phi) is 6.27. The Morgan fingerprint density at radius 2 is 1.90 bits per heavy atom. The molecule has 0 unspecified atom stereocenters. The number of para-hydroxylation sites is 1. The van der Waals surface area contributed by atoms with E-state index in [0.29, 0.717) is 46.0 Å². The average molecular weight is 535 g/mol. The van der Waals surface area contributed by atoms with Gasteiger partial charge in [0.25, 0.3) is 11.4 Å². The van der Waals surface area contributed by atoms with E-state index in [9.17, 15) is 4.79 Å². The fraction of sp³-hybridized carbons (Fsp3) is 0.179. The van der Waals surface area contributed by atoms with Gasteiger partial charge in [-0.15, -0.1) is 0 Å². The second-order valence-corrected chi connectivity index (χ2v) is 9.28. The van der Waals surface area contributed by atoms with Crippen molar-refractivity contribution in [3.8, 4) is 28.3 Å². The van der Waals surface area contributed by atoms with Gasteiger partial charge >= 0.3 is 0 Å². The normalized spacial score (nSPS) is 12.1. The largest absolute Gasteiger partial charge is 0.383 e. The van der Waals surface area contributed by atoms with Crippen LogP contribution >= 0.6 is 0 Å². The molecule has 0 aliphatic carbocycles. The van der Waals surface area contributed by atoms with Crippen LogP contribution < -0.4 is 16.6 Å². The van der Waals surface area contributed by atoms with E-state index in [1.54, 1.807) is 22.4 Å². The van der Waals surface area contributed by atoms with Crippen LogP contribution in [0.3, 0.4) is 0 Å². The highest BCUT2D eigenvalue weighted by molar-refractivity contribution is 5.94. The first-order valence-electron chi connectivity index (χ1n) is 12.7. The minimum Gasteiger partial charge on any atom is -0.383 e. The molecule has 0 saturated heterocycles. The predicted molar refractivity (Wildman–Crippen MR) is 151 cm³/mol. The smallest absolute Gasteiger partial charge is 0.266 e. The van der Waals surface area contributed by atoms with Crippen LogP contribution in [0.2, 0.25) is 0 Å². The summed E-state index contributed by atoms with van der Waals surface area (Å²) in [7, 11) is 1.84. The van der Waals surface area contributed by atoms with Crippen molar-refractivity contribution >= 4 is 22.5 Å². The molecule has 0 fully saturated rings. The van der Waals surface area contributed by atoms with Crippen molar-refractivity contribution in [1.29, 1.82) is 0 Å². The molecule has 0 saturated carbocycles. The molecule has 2 aromatic carbocycles. The number of rotatable bonds is 7. The highest BCUT2D eigenvalue weighted by Gasteiger charge is 2.25. The number of nitrogens with zero attached hydrogens (tertiary/aromatic N) is 8. The SMILES string of the molecule is CC[C@H](Nc1ncnc(N)c1-c1nc(C)no1)c1nc2cccc(-c3cnn(C)c3)c2c(=O)n1-c1ccccc1. The molecular formula is C28H26N10O2. The summed E-state index contributed by atoms with van der Waals surface area (Å²) in [6.07, 6.45) is 5.55. The molecule has 0 spiro atoms. The zero-order valence-electron chi connectivity index (χ0n) is 22.1. The highest BCUT2D eigenvalue weighted by atomic mass is 16.5. The molecule has 12 heteroatoms. The topological polar surface area (TPSA) is 155 Å². The van der Waals surface area contributed by atoms with Gasteiger partial charge in [0.2, 0.25) is 0 Å². The Morgan fingerprint density at radius 1 is 1.07 bits per heavy atom. The fourth-order valence-corrected chi connectivity index (χ4v) is 4.74. The van der Waals surface area contributed by atoms with Crippen LogP contribution in [0.4, 0.5) is 11.6 Å². The van der Waals surface area contributed by atoms with E-state index < -0.39 is 6.04 Å². The number of hydrogen-bond donors (Lipinski definition) is 2. The van der Waals surface area contributed by atoms with Crippen LogP contribution in [0.1, 0.15) is 31.0 Å². The third-order valence-corrected chi connectivity index (χ3v) is 6.60. The lowest BCUT2D eigenvalue weighted by molar-refractivity contribution is 0.425. The molecule has 0 aliphatic heterocycles. The lowest BCUT2D eigenvalue weighted by Gasteiger charge is -2.23. The van der Waals surface area contributed by atoms with Crippen LogP contribution in [0.15, 0.2) is 76.6 Å². The molecule has 1 atom stereocenters. The Balaban J connectivity index is 1.56. The van der Waals surface area contributed by atoms with E-state index in [1.807, 2.05) is 68.7 Å². The van der Waals surface area contributed by atoms with Crippen LogP contribution in [0, 0.1) is 6.92 Å². The Bertz CT molecular complexity index is 1890. The first-order valence-corrected chi connectivity index (χ1v) is 12.7. The monoisotopic (exact) mass is 534 g/mol. The van der Waals surface area contributed by atoms with Gasteiger partial charge < -0.3 is 15.6 Å². The van der Waals surface area contributed by atoms with Crippen molar-refractivity contribution in [3.63, 3.8) is 0 Å². The number of nitrogens with one attached hydrogen (secondary N) is 1. The van der Waals surface area contributed by atoms with Crippen LogP contribution in [-0.2, 0) is 7.05 Å². The van der Waals surface area contributed by atoms with Gasteiger partial charge in [0.1, 0.15) is 29.4 Å². The molecule has 0 amide bonds. The number of nitrogens with two attached hydrogens (primary N) is 1. The summed E-state index contributed by atoms with van der Waals surface area (Å²) in [5.74, 6) is 1.74. The Morgan fingerprint density at radius 3 is 2.60 bits per heavy atom. The van der Waals surface area contributed by atoms with Crippen molar-refractivity contribution in [2.45, 2.75) is 26.3 Å². The number of aromatic nitrogens is 8. The number of aryl methyl sites for hydroxylation is 2. The average Bonchev–Trinajstić information content (AvgIpc) is 3.59. The van der Waals surface area contributed by atoms with Crippen LogP contribution in [0.25, 0.3) is 39.2 Å². The Hall–Kier alpha value is -5.39. The van der Waals surface area contributed by atoms with E-state index in [4.69, 9.17) is 15.2 Å². The molecule has 4 heterocycles. The summed E-state index contributed by atoms with van der Waals surface area (Å²) in [6.45, 7) is 3.71. The first-order chi connectivity index (χ1) is 19.4. The molecule has 4 aromatic heterocycles. The maximum atomic E-state index is 14.4. The maximum Gasteiger partial charge on any atom is 0.266 e. The quantitative estimate of drug-likeness (QED) is 0.306. The second kappa shape index (κ2) is 10.1. The molecule has 0 radical (unpaired) electrons. The lowest BCUT2D eigenvalue weighted by Crippen LogP contribution is -2.28. The third-order valence-electron chi connectivity index (χ3n) is 6.60. The minimum absolute atomic E-state index is 0.184. The van der Waals surface area contributed by atoms with E-state index in [1.165, 1.54) is 6.33 Å². The number of fused-ring (bicyclic) bond motifs is 1. The molecule has 200 valence electrons. The predicted octanol–water partition coefficient (Wildman–Crippen LogP) is 4.08. The zero-order valence-corrected chi connectivity index (χ0v) is 22.1. The molecule has 40 heavy (non-hydrogen) atoms. The first kappa shape index (κ1) is 24.9. The van der Waals surface area contributed by atoms with Gasteiger partial charge in [-0.1, -0.05) is 42.4 Å². The maximum absolute atomic E-state index is 14.4. The van der Waals surface area contributed by atoms with Crippen molar-refractivity contribution in [2.75, 3.05) is 11.1 Å². The summed E-state index contributed by atoms with van der Waals surface area (Å²) in [5, 5.41) is 12.1. The molecular weight excluding hydrogens is 508 g/mol. The van der Waals surface area contributed by atoms with Gasteiger partial charge in [-0.25, -0.2) is 15.0 Å². The highest BCUT2D eigenvalue weighted by Crippen LogP contribution is 2.33. The third kappa shape index (κ3) is 4.34. The lowest BCUT2D eigenvalue weighted by atomic mass is 10.0. The minimum atomic E-state index is -0.448. The van der Waals surface area contributed by atoms with Crippen molar-refractivity contribution in [2.24, 2.45) is 7.05 Å². The van der Waals surface area contributed by atoms with E-state index in [2.05, 4.69) is 30.5 Å². The molecule has 6 rings (SSSR count). The van der Waals surface area contributed by atoms with Crippen LogP contribution in [-0.4, -0.2) is 39.4 Å².